The van der Waals surface area contributed by atoms with Gasteiger partial charge in [0.25, 0.3) is 11.6 Å². The van der Waals surface area contributed by atoms with Gasteiger partial charge in [0.1, 0.15) is 0 Å². The van der Waals surface area contributed by atoms with Crippen LogP contribution in [0.2, 0.25) is 0 Å². The molecule has 1 aromatic carbocycles. The van der Waals surface area contributed by atoms with E-state index >= 15 is 0 Å². The molecular weight excluding hydrogens is 248 g/mol. The molecule has 0 atom stereocenters. The Bertz CT molecular complexity index is 495. The molecule has 0 saturated heterocycles. The first-order valence-electron chi connectivity index (χ1n) is 6.24. The molecule has 19 heavy (non-hydrogen) atoms. The number of nitro benzene ring substituents is 1. The van der Waals surface area contributed by atoms with Gasteiger partial charge in [-0.15, -0.1) is 0 Å². The van der Waals surface area contributed by atoms with Crippen molar-refractivity contribution in [2.24, 2.45) is 0 Å². The average Bonchev–Trinajstić information content (AvgIpc) is 2.88. The van der Waals surface area contributed by atoms with Crippen molar-refractivity contribution in [3.05, 3.63) is 39.9 Å². The van der Waals surface area contributed by atoms with Crippen molar-refractivity contribution in [2.45, 2.75) is 31.2 Å². The maximum absolute atomic E-state index is 12.1. The highest BCUT2D eigenvalue weighted by molar-refractivity contribution is 5.95. The number of nitrogens with one attached hydrogen (secondary N) is 1. The molecule has 0 heterocycles. The Kier molecular flexibility index (Phi) is 3.80. The molecule has 2 N–H and O–H groups in total. The summed E-state index contributed by atoms with van der Waals surface area (Å²) in [7, 11) is 0. The highest BCUT2D eigenvalue weighted by Gasteiger charge is 2.34. The summed E-state index contributed by atoms with van der Waals surface area (Å²) in [6.07, 6.45) is 3.42. The third-order valence-corrected chi connectivity index (χ3v) is 3.56. The lowest BCUT2D eigenvalue weighted by molar-refractivity contribution is -0.384. The second-order valence-electron chi connectivity index (χ2n) is 4.91. The highest BCUT2D eigenvalue weighted by atomic mass is 16.6. The minimum absolute atomic E-state index is 0.104. The standard InChI is InChI=1S/C13H16N2O4/c16-9-13(6-1-2-7-13)14-12(17)10-4-3-5-11(8-10)15(18)19/h3-5,8,16H,1-2,6-7,9H2,(H,14,17). The number of nitrogens with zero attached hydrogens (tertiary/aromatic N) is 1. The maximum atomic E-state index is 12.1. The van der Waals surface area contributed by atoms with E-state index in [2.05, 4.69) is 5.32 Å². The number of non-ortho nitro benzene ring substituents is 1. The molecule has 6 nitrogen and oxygen atoms in total. The molecule has 2 rings (SSSR count). The summed E-state index contributed by atoms with van der Waals surface area (Å²) < 4.78 is 0. The van der Waals surface area contributed by atoms with Crippen molar-refractivity contribution in [3.8, 4) is 0 Å². The lowest BCUT2D eigenvalue weighted by Crippen LogP contribution is -2.49. The summed E-state index contributed by atoms with van der Waals surface area (Å²) in [6, 6.07) is 5.60. The molecule has 0 bridgehead atoms. The number of aliphatic hydroxyl groups excluding tert-OH is 1. The number of hydrogen-bond donors (Lipinski definition) is 2. The zero-order chi connectivity index (χ0) is 13.9. The molecule has 0 aliphatic heterocycles. The smallest absolute Gasteiger partial charge is 0.270 e. The van der Waals surface area contributed by atoms with E-state index in [4.69, 9.17) is 0 Å². The Morgan fingerprint density at radius 2 is 2.11 bits per heavy atom. The van der Waals surface area contributed by atoms with Crippen molar-refractivity contribution < 1.29 is 14.8 Å². The number of benzene rings is 1. The summed E-state index contributed by atoms with van der Waals surface area (Å²) in [5.74, 6) is -0.375. The van der Waals surface area contributed by atoms with E-state index in [0.717, 1.165) is 25.7 Å². The van der Waals surface area contributed by atoms with E-state index < -0.39 is 10.5 Å². The first kappa shape index (κ1) is 13.5. The third kappa shape index (κ3) is 2.90. The fourth-order valence-electron chi connectivity index (χ4n) is 2.45. The minimum Gasteiger partial charge on any atom is -0.394 e. The number of amides is 1. The number of aliphatic hydroxyl groups is 1. The van der Waals surface area contributed by atoms with Crippen LogP contribution >= 0.6 is 0 Å². The van der Waals surface area contributed by atoms with Gasteiger partial charge in [-0.3, -0.25) is 14.9 Å². The lowest BCUT2D eigenvalue weighted by atomic mass is 9.98. The quantitative estimate of drug-likeness (QED) is 0.638. The van der Waals surface area contributed by atoms with E-state index in [0.29, 0.717) is 0 Å². The van der Waals surface area contributed by atoms with E-state index in [1.54, 1.807) is 0 Å². The van der Waals surface area contributed by atoms with Gasteiger partial charge in [-0.25, -0.2) is 0 Å². The molecule has 1 aromatic rings. The van der Waals surface area contributed by atoms with Gasteiger partial charge >= 0.3 is 0 Å². The van der Waals surface area contributed by atoms with Crippen molar-refractivity contribution >= 4 is 11.6 Å². The summed E-state index contributed by atoms with van der Waals surface area (Å²) in [5.41, 5.74) is -0.437. The van der Waals surface area contributed by atoms with Gasteiger partial charge in [0.15, 0.2) is 0 Å². The van der Waals surface area contributed by atoms with Crippen LogP contribution in [0.3, 0.4) is 0 Å². The molecule has 1 saturated carbocycles. The van der Waals surface area contributed by atoms with Gasteiger partial charge in [0.05, 0.1) is 17.1 Å². The van der Waals surface area contributed by atoms with Crippen LogP contribution < -0.4 is 5.32 Å². The minimum atomic E-state index is -0.568. The van der Waals surface area contributed by atoms with Gasteiger partial charge in [-0.2, -0.15) is 0 Å². The van der Waals surface area contributed by atoms with Crippen molar-refractivity contribution in [3.63, 3.8) is 0 Å². The Labute approximate surface area is 110 Å². The van der Waals surface area contributed by atoms with Crippen LogP contribution in [0, 0.1) is 10.1 Å². The van der Waals surface area contributed by atoms with Crippen LogP contribution in [0.25, 0.3) is 0 Å². The number of nitro groups is 1. The molecule has 0 aromatic heterocycles. The zero-order valence-electron chi connectivity index (χ0n) is 10.5. The van der Waals surface area contributed by atoms with Crippen molar-refractivity contribution in [1.29, 1.82) is 0 Å². The molecule has 0 unspecified atom stereocenters. The summed E-state index contributed by atoms with van der Waals surface area (Å²) >= 11 is 0. The zero-order valence-corrected chi connectivity index (χ0v) is 10.5. The predicted molar refractivity (Wildman–Crippen MR) is 68.8 cm³/mol. The molecule has 1 fully saturated rings. The van der Waals surface area contributed by atoms with E-state index in [1.807, 2.05) is 0 Å². The monoisotopic (exact) mass is 264 g/mol. The normalized spacial score (nSPS) is 17.1. The molecule has 1 aliphatic carbocycles. The van der Waals surface area contributed by atoms with Crippen LogP contribution in [0.4, 0.5) is 5.69 Å². The summed E-state index contributed by atoms with van der Waals surface area (Å²) in [5, 5.41) is 22.9. The molecule has 0 radical (unpaired) electrons. The second kappa shape index (κ2) is 5.36. The highest BCUT2D eigenvalue weighted by Crippen LogP contribution is 2.29. The molecule has 1 amide bonds. The summed E-state index contributed by atoms with van der Waals surface area (Å²) in [6.45, 7) is -0.104. The van der Waals surface area contributed by atoms with E-state index in [1.165, 1.54) is 24.3 Å². The Balaban J connectivity index is 2.15. The Morgan fingerprint density at radius 3 is 2.68 bits per heavy atom. The largest absolute Gasteiger partial charge is 0.394 e. The lowest BCUT2D eigenvalue weighted by Gasteiger charge is -2.27. The number of rotatable bonds is 4. The van der Waals surface area contributed by atoms with Crippen molar-refractivity contribution in [2.75, 3.05) is 6.61 Å². The predicted octanol–water partition coefficient (Wildman–Crippen LogP) is 1.63. The fourth-order valence-corrected chi connectivity index (χ4v) is 2.45. The van der Waals surface area contributed by atoms with E-state index in [9.17, 15) is 20.0 Å². The maximum Gasteiger partial charge on any atom is 0.270 e. The average molecular weight is 264 g/mol. The van der Waals surface area contributed by atoms with Gasteiger partial charge in [-0.05, 0) is 18.9 Å². The number of hydrogen-bond acceptors (Lipinski definition) is 4. The molecular formula is C13H16N2O4. The van der Waals surface area contributed by atoms with Gasteiger partial charge < -0.3 is 10.4 Å². The van der Waals surface area contributed by atoms with Crippen LogP contribution in [-0.2, 0) is 0 Å². The van der Waals surface area contributed by atoms with Crippen LogP contribution in [0.1, 0.15) is 36.0 Å². The van der Waals surface area contributed by atoms with Crippen LogP contribution in [0.15, 0.2) is 24.3 Å². The van der Waals surface area contributed by atoms with E-state index in [-0.39, 0.29) is 23.8 Å². The summed E-state index contributed by atoms with van der Waals surface area (Å²) in [4.78, 5) is 22.2. The fraction of sp³-hybridized carbons (Fsp3) is 0.462. The van der Waals surface area contributed by atoms with Gasteiger partial charge in [-0.1, -0.05) is 18.9 Å². The SMILES string of the molecule is O=C(NC1(CO)CCCC1)c1cccc([N+](=O)[O-])c1. The molecule has 1 aliphatic rings. The topological polar surface area (TPSA) is 92.5 Å². The molecule has 0 spiro atoms. The third-order valence-electron chi connectivity index (χ3n) is 3.56. The number of carbonyl (C=O) groups excluding carboxylic acids is 1. The molecule has 6 heteroatoms. The first-order valence-corrected chi connectivity index (χ1v) is 6.24. The Hall–Kier alpha value is -1.95. The molecule has 102 valence electrons. The number of carbonyl (C=O) groups is 1. The van der Waals surface area contributed by atoms with Gasteiger partial charge in [0.2, 0.25) is 0 Å². The van der Waals surface area contributed by atoms with Crippen molar-refractivity contribution in [1.82, 2.24) is 5.32 Å². The first-order chi connectivity index (χ1) is 9.06. The van der Waals surface area contributed by atoms with Crippen LogP contribution in [-0.4, -0.2) is 28.1 Å². The van der Waals surface area contributed by atoms with Crippen LogP contribution in [0.5, 0.6) is 0 Å². The second-order valence-corrected chi connectivity index (χ2v) is 4.91. The van der Waals surface area contributed by atoms with Gasteiger partial charge in [0, 0.05) is 17.7 Å². The Morgan fingerprint density at radius 1 is 1.42 bits per heavy atom.